The van der Waals surface area contributed by atoms with Gasteiger partial charge in [0.1, 0.15) is 12.4 Å². The Morgan fingerprint density at radius 3 is 2.81 bits per heavy atom. The van der Waals surface area contributed by atoms with E-state index < -0.39 is 0 Å². The number of amides is 1. The molecule has 1 rings (SSSR count). The Morgan fingerprint density at radius 2 is 2.10 bits per heavy atom. The molecule has 5 nitrogen and oxygen atoms in total. The maximum Gasteiger partial charge on any atom is 0.220 e. The minimum Gasteiger partial charge on any atom is -0.491 e. The molecule has 0 aliphatic heterocycles. The molecule has 120 valence electrons. The van der Waals surface area contributed by atoms with Crippen molar-refractivity contribution in [3.63, 3.8) is 0 Å². The zero-order valence-corrected chi connectivity index (χ0v) is 13.5. The van der Waals surface area contributed by atoms with Crippen LogP contribution in [0.15, 0.2) is 24.3 Å². The van der Waals surface area contributed by atoms with Crippen LogP contribution in [-0.2, 0) is 16.1 Å². The van der Waals surface area contributed by atoms with Crippen molar-refractivity contribution in [2.45, 2.75) is 19.4 Å². The van der Waals surface area contributed by atoms with Crippen LogP contribution in [0, 0.1) is 0 Å². The summed E-state index contributed by atoms with van der Waals surface area (Å²) < 4.78 is 10.5. The highest BCUT2D eigenvalue weighted by atomic mass is 35.5. The minimum absolute atomic E-state index is 0. The van der Waals surface area contributed by atoms with E-state index in [-0.39, 0.29) is 18.3 Å². The Hall–Kier alpha value is -1.30. The van der Waals surface area contributed by atoms with Crippen LogP contribution in [0.3, 0.4) is 0 Å². The van der Waals surface area contributed by atoms with Gasteiger partial charge in [0.05, 0.1) is 6.61 Å². The second kappa shape index (κ2) is 12.4. The van der Waals surface area contributed by atoms with Gasteiger partial charge >= 0.3 is 0 Å². The van der Waals surface area contributed by atoms with Gasteiger partial charge in [-0.25, -0.2) is 0 Å². The maximum absolute atomic E-state index is 11.6. The number of hydrogen-bond donors (Lipinski definition) is 2. The van der Waals surface area contributed by atoms with Gasteiger partial charge < -0.3 is 20.1 Å². The van der Waals surface area contributed by atoms with Crippen LogP contribution in [0.5, 0.6) is 5.75 Å². The third-order valence-corrected chi connectivity index (χ3v) is 2.77. The van der Waals surface area contributed by atoms with Crippen molar-refractivity contribution < 1.29 is 14.3 Å². The number of benzene rings is 1. The van der Waals surface area contributed by atoms with E-state index in [2.05, 4.69) is 10.6 Å². The molecule has 0 radical (unpaired) electrons. The Bertz CT molecular complexity index is 402. The van der Waals surface area contributed by atoms with Gasteiger partial charge in [-0.15, -0.1) is 12.4 Å². The fourth-order valence-corrected chi connectivity index (χ4v) is 1.70. The lowest BCUT2D eigenvalue weighted by atomic mass is 10.2. The van der Waals surface area contributed by atoms with Crippen molar-refractivity contribution in [2.24, 2.45) is 0 Å². The molecular weight excluding hydrogens is 292 g/mol. The van der Waals surface area contributed by atoms with Gasteiger partial charge in [0.15, 0.2) is 0 Å². The molecule has 0 bridgehead atoms. The first-order valence-corrected chi connectivity index (χ1v) is 6.88. The van der Waals surface area contributed by atoms with Gasteiger partial charge in [-0.1, -0.05) is 12.1 Å². The quantitative estimate of drug-likeness (QED) is 0.646. The Morgan fingerprint density at radius 1 is 1.29 bits per heavy atom. The number of halogens is 1. The second-order valence-electron chi connectivity index (χ2n) is 4.47. The number of rotatable bonds is 10. The molecule has 0 heterocycles. The van der Waals surface area contributed by atoms with Crippen LogP contribution < -0.4 is 15.4 Å². The maximum atomic E-state index is 11.6. The standard InChI is InChI=1S/C15H24N2O3.ClH/c1-16-8-4-7-15(18)17-12-13-5-3-6-14(11-13)20-10-9-19-2;/h3,5-6,11,16H,4,7-10,12H2,1-2H3,(H,17,18);1H. The fraction of sp³-hybridized carbons (Fsp3) is 0.533. The highest BCUT2D eigenvalue weighted by Gasteiger charge is 2.02. The van der Waals surface area contributed by atoms with E-state index in [1.807, 2.05) is 31.3 Å². The first kappa shape index (κ1) is 19.7. The smallest absolute Gasteiger partial charge is 0.220 e. The summed E-state index contributed by atoms with van der Waals surface area (Å²) in [6, 6.07) is 7.72. The van der Waals surface area contributed by atoms with Crippen molar-refractivity contribution in [3.8, 4) is 5.75 Å². The molecule has 0 atom stereocenters. The van der Waals surface area contributed by atoms with Crippen molar-refractivity contribution in [3.05, 3.63) is 29.8 Å². The van der Waals surface area contributed by atoms with E-state index in [0.29, 0.717) is 26.2 Å². The first-order chi connectivity index (χ1) is 9.76. The zero-order chi connectivity index (χ0) is 14.6. The van der Waals surface area contributed by atoms with E-state index in [9.17, 15) is 4.79 Å². The number of nitrogens with one attached hydrogen (secondary N) is 2. The zero-order valence-electron chi connectivity index (χ0n) is 12.7. The molecule has 1 aromatic carbocycles. The molecule has 0 aliphatic carbocycles. The van der Waals surface area contributed by atoms with Crippen molar-refractivity contribution in [2.75, 3.05) is 33.9 Å². The summed E-state index contributed by atoms with van der Waals surface area (Å²) in [6.45, 7) is 2.47. The van der Waals surface area contributed by atoms with Gasteiger partial charge in [0, 0.05) is 20.1 Å². The van der Waals surface area contributed by atoms with Gasteiger partial charge in [-0.2, -0.15) is 0 Å². The van der Waals surface area contributed by atoms with Crippen molar-refractivity contribution in [1.29, 1.82) is 0 Å². The molecule has 0 spiro atoms. The summed E-state index contributed by atoms with van der Waals surface area (Å²) in [5.41, 5.74) is 1.03. The summed E-state index contributed by atoms with van der Waals surface area (Å²) in [7, 11) is 3.52. The summed E-state index contributed by atoms with van der Waals surface area (Å²) >= 11 is 0. The van der Waals surface area contributed by atoms with Gasteiger partial charge in [-0.3, -0.25) is 4.79 Å². The van der Waals surface area contributed by atoms with E-state index >= 15 is 0 Å². The number of carbonyl (C=O) groups is 1. The van der Waals surface area contributed by atoms with Crippen LogP contribution in [-0.4, -0.2) is 39.8 Å². The Kier molecular flexibility index (Phi) is 11.7. The van der Waals surface area contributed by atoms with E-state index in [4.69, 9.17) is 9.47 Å². The number of methoxy groups -OCH3 is 1. The molecule has 21 heavy (non-hydrogen) atoms. The number of carbonyl (C=O) groups excluding carboxylic acids is 1. The molecule has 2 N–H and O–H groups in total. The van der Waals surface area contributed by atoms with Gasteiger partial charge in [0.2, 0.25) is 5.91 Å². The SMILES string of the molecule is CNCCCC(=O)NCc1cccc(OCCOC)c1.Cl. The van der Waals surface area contributed by atoms with Crippen molar-refractivity contribution in [1.82, 2.24) is 10.6 Å². The average Bonchev–Trinajstić information content (AvgIpc) is 2.46. The van der Waals surface area contributed by atoms with Crippen molar-refractivity contribution >= 4 is 18.3 Å². The fourth-order valence-electron chi connectivity index (χ4n) is 1.70. The van der Waals surface area contributed by atoms with Crippen LogP contribution in [0.4, 0.5) is 0 Å². The molecule has 0 unspecified atom stereocenters. The first-order valence-electron chi connectivity index (χ1n) is 6.88. The summed E-state index contributed by atoms with van der Waals surface area (Å²) in [5.74, 6) is 0.870. The minimum atomic E-state index is 0. The largest absolute Gasteiger partial charge is 0.491 e. The molecular formula is C15H25ClN2O3. The molecule has 0 saturated heterocycles. The Labute approximate surface area is 132 Å². The lowest BCUT2D eigenvalue weighted by Gasteiger charge is -2.09. The van der Waals surface area contributed by atoms with Gasteiger partial charge in [0.25, 0.3) is 0 Å². The summed E-state index contributed by atoms with van der Waals surface area (Å²) in [5, 5.41) is 5.93. The summed E-state index contributed by atoms with van der Waals surface area (Å²) in [6.07, 6.45) is 1.40. The third kappa shape index (κ3) is 9.28. The third-order valence-electron chi connectivity index (χ3n) is 2.77. The normalized spacial score (nSPS) is 9.81. The predicted molar refractivity (Wildman–Crippen MR) is 86.1 cm³/mol. The molecule has 0 saturated carbocycles. The van der Waals surface area contributed by atoms with Crippen LogP contribution in [0.2, 0.25) is 0 Å². The van der Waals surface area contributed by atoms with Gasteiger partial charge in [-0.05, 0) is 37.7 Å². The summed E-state index contributed by atoms with van der Waals surface area (Å²) in [4.78, 5) is 11.6. The monoisotopic (exact) mass is 316 g/mol. The molecule has 6 heteroatoms. The van der Waals surface area contributed by atoms with Crippen LogP contribution in [0.1, 0.15) is 18.4 Å². The molecule has 0 aromatic heterocycles. The number of ether oxygens (including phenoxy) is 2. The van der Waals surface area contributed by atoms with Crippen LogP contribution >= 0.6 is 12.4 Å². The number of hydrogen-bond acceptors (Lipinski definition) is 4. The molecule has 0 fully saturated rings. The van der Waals surface area contributed by atoms with E-state index in [1.165, 1.54) is 0 Å². The highest BCUT2D eigenvalue weighted by Crippen LogP contribution is 2.13. The predicted octanol–water partition coefficient (Wildman–Crippen LogP) is 1.75. The lowest BCUT2D eigenvalue weighted by molar-refractivity contribution is -0.121. The van der Waals surface area contributed by atoms with Crippen LogP contribution in [0.25, 0.3) is 0 Å². The second-order valence-corrected chi connectivity index (χ2v) is 4.47. The molecule has 0 aliphatic rings. The topological polar surface area (TPSA) is 59.6 Å². The van der Waals surface area contributed by atoms with E-state index in [0.717, 1.165) is 24.3 Å². The van der Waals surface area contributed by atoms with E-state index in [1.54, 1.807) is 7.11 Å². The lowest BCUT2D eigenvalue weighted by Crippen LogP contribution is -2.23. The average molecular weight is 317 g/mol. The molecule has 1 aromatic rings. The Balaban J connectivity index is 0.00000400. The highest BCUT2D eigenvalue weighted by molar-refractivity contribution is 5.85. The molecule has 1 amide bonds.